The molecular weight excluding hydrogens is 562 g/mol. The van der Waals surface area contributed by atoms with Crippen LogP contribution in [0.2, 0.25) is 0 Å². The first-order valence-corrected chi connectivity index (χ1v) is 13.8. The van der Waals surface area contributed by atoms with Crippen LogP contribution in [0.15, 0.2) is 15.0 Å². The fourth-order valence-corrected chi connectivity index (χ4v) is 6.44. The van der Waals surface area contributed by atoms with Gasteiger partial charge in [0.25, 0.3) is 0 Å². The number of ether oxygens (including phenoxy) is 3. The number of hydrogen-bond donors (Lipinski definition) is 2. The number of amidine groups is 1. The van der Waals surface area contributed by atoms with Gasteiger partial charge in [0.2, 0.25) is 0 Å². The van der Waals surface area contributed by atoms with E-state index in [9.17, 15) is 19.8 Å². The lowest BCUT2D eigenvalue weighted by molar-refractivity contribution is -0.170. The summed E-state index contributed by atoms with van der Waals surface area (Å²) in [6.07, 6.45) is -1.48. The molecule has 3 heterocycles. The fourth-order valence-electron chi connectivity index (χ4n) is 3.72. The van der Waals surface area contributed by atoms with Gasteiger partial charge in [-0.3, -0.25) is 0 Å². The van der Waals surface area contributed by atoms with Crippen LogP contribution in [0.25, 0.3) is 0 Å². The highest BCUT2D eigenvalue weighted by atomic mass is 79.9. The summed E-state index contributed by atoms with van der Waals surface area (Å²) in [7, 11) is 0. The number of hydrogen-bond acceptors (Lipinski definition) is 11. The minimum Gasteiger partial charge on any atom is -0.443 e. The highest BCUT2D eigenvalue weighted by Gasteiger charge is 2.55. The lowest BCUT2D eigenvalue weighted by Crippen LogP contribution is -2.58. The molecule has 2 aliphatic rings. The number of thiazole rings is 1. The van der Waals surface area contributed by atoms with Gasteiger partial charge in [-0.25, -0.2) is 19.6 Å². The number of aromatic nitrogens is 1. The summed E-state index contributed by atoms with van der Waals surface area (Å²) in [5.74, 6) is 0.241. The van der Waals surface area contributed by atoms with Crippen LogP contribution in [0.1, 0.15) is 53.0 Å². The number of carbonyl (C=O) groups excluding carboxylic acids is 2. The molecule has 35 heavy (non-hydrogen) atoms. The molecule has 13 heteroatoms. The summed E-state index contributed by atoms with van der Waals surface area (Å²) in [5.41, 5.74) is -3.85. The third-order valence-electron chi connectivity index (χ3n) is 5.37. The molecule has 0 radical (unpaired) electrons. The van der Waals surface area contributed by atoms with Crippen molar-refractivity contribution in [3.05, 3.63) is 15.0 Å². The molecule has 2 N–H and O–H groups in total. The first-order valence-electron chi connectivity index (χ1n) is 11.1. The van der Waals surface area contributed by atoms with E-state index in [0.717, 1.165) is 4.90 Å². The number of carbonyl (C=O) groups is 2. The lowest BCUT2D eigenvalue weighted by atomic mass is 9.76. The van der Waals surface area contributed by atoms with Crippen molar-refractivity contribution in [2.75, 3.05) is 25.6 Å². The minimum atomic E-state index is -1.10. The number of thioether (sulfide) groups is 1. The molecule has 2 aliphatic heterocycles. The van der Waals surface area contributed by atoms with E-state index in [-0.39, 0.29) is 30.9 Å². The van der Waals surface area contributed by atoms with Crippen LogP contribution in [0, 0.1) is 5.92 Å². The van der Waals surface area contributed by atoms with Gasteiger partial charge in [-0.05, 0) is 63.9 Å². The molecule has 1 saturated heterocycles. The van der Waals surface area contributed by atoms with Crippen LogP contribution in [0.4, 0.5) is 9.59 Å². The van der Waals surface area contributed by atoms with Crippen molar-refractivity contribution in [1.82, 2.24) is 9.88 Å². The molecule has 10 nitrogen and oxygen atoms in total. The molecule has 2 amide bonds. The van der Waals surface area contributed by atoms with Crippen molar-refractivity contribution < 1.29 is 34.0 Å². The number of aliphatic hydroxyl groups excluding tert-OH is 2. The van der Waals surface area contributed by atoms with Gasteiger partial charge in [0.05, 0.1) is 19.8 Å². The summed E-state index contributed by atoms with van der Waals surface area (Å²) in [6, 6.07) is 0. The van der Waals surface area contributed by atoms with E-state index in [4.69, 9.17) is 19.2 Å². The molecule has 0 aliphatic carbocycles. The molecule has 0 unspecified atom stereocenters. The first-order chi connectivity index (χ1) is 16.1. The smallest absolute Gasteiger partial charge is 0.426 e. The van der Waals surface area contributed by atoms with Gasteiger partial charge in [0.1, 0.15) is 32.0 Å². The topological polar surface area (TPSA) is 131 Å². The van der Waals surface area contributed by atoms with E-state index in [1.807, 2.05) is 5.38 Å². The third kappa shape index (κ3) is 6.37. The monoisotopic (exact) mass is 593 g/mol. The molecule has 1 fully saturated rings. The van der Waals surface area contributed by atoms with Crippen molar-refractivity contribution in [2.45, 2.75) is 70.3 Å². The summed E-state index contributed by atoms with van der Waals surface area (Å²) in [4.78, 5) is 36.6. The lowest BCUT2D eigenvalue weighted by Gasteiger charge is -2.49. The van der Waals surface area contributed by atoms with Crippen LogP contribution in [-0.2, 0) is 19.7 Å². The van der Waals surface area contributed by atoms with Crippen molar-refractivity contribution in [3.8, 4) is 0 Å². The third-order valence-corrected chi connectivity index (χ3v) is 8.19. The van der Waals surface area contributed by atoms with Gasteiger partial charge in [0, 0.05) is 17.1 Å². The van der Waals surface area contributed by atoms with E-state index < -0.39 is 34.5 Å². The number of halogens is 1. The molecule has 3 rings (SSSR count). The number of imide groups is 1. The number of aliphatic imine (C=N–C) groups is 1. The number of nitrogens with zero attached hydrogens (tertiary/aromatic N) is 3. The van der Waals surface area contributed by atoms with E-state index >= 15 is 0 Å². The van der Waals surface area contributed by atoms with E-state index in [0.29, 0.717) is 21.8 Å². The molecule has 196 valence electrons. The SMILES string of the molecule is CC(C)(C)OC(=O)N(C(=O)OC(C)(C)C)C1=N[C@@]2(c3nc(Br)cs3)COC(CO)(CO)C[C@H]2CS1. The molecule has 1 aromatic rings. The molecule has 1 aromatic heterocycles. The van der Waals surface area contributed by atoms with Gasteiger partial charge in [-0.1, -0.05) is 11.8 Å². The zero-order chi connectivity index (χ0) is 26.2. The predicted octanol–water partition coefficient (Wildman–Crippen LogP) is 4.14. The zero-order valence-electron chi connectivity index (χ0n) is 20.7. The van der Waals surface area contributed by atoms with E-state index in [2.05, 4.69) is 20.9 Å². The van der Waals surface area contributed by atoms with Gasteiger partial charge in [0.15, 0.2) is 5.17 Å². The summed E-state index contributed by atoms with van der Waals surface area (Å²) >= 11 is 5.96. The molecule has 0 bridgehead atoms. The molecule has 0 aromatic carbocycles. The van der Waals surface area contributed by atoms with Crippen LogP contribution in [-0.4, -0.2) is 79.8 Å². The van der Waals surface area contributed by atoms with E-state index in [1.165, 1.54) is 23.1 Å². The number of amides is 2. The largest absolute Gasteiger partial charge is 0.443 e. The maximum Gasteiger partial charge on any atom is 0.426 e. The quantitative estimate of drug-likeness (QED) is 0.530. The Balaban J connectivity index is 2.09. The second kappa shape index (κ2) is 10.3. The Bertz CT molecular complexity index is 956. The number of rotatable bonds is 3. The predicted molar refractivity (Wildman–Crippen MR) is 137 cm³/mol. The summed E-state index contributed by atoms with van der Waals surface area (Å²) in [6.45, 7) is 9.54. The standard InChI is InChI=1S/C22H32BrN3O7S2/c1-19(2,3)32-17(29)26(18(30)33-20(4,5)6)16-25-22(15-24-14(23)9-34-15)12-31-21(10-27,11-28)7-13(22)8-35-16/h9,13,27-28H,7-8,10-12H2,1-6H3/t13-,22-/m0/s1. The van der Waals surface area contributed by atoms with Gasteiger partial charge < -0.3 is 24.4 Å². The Labute approximate surface area is 221 Å². The second-order valence-corrected chi connectivity index (χ2v) is 13.2. The normalized spacial score (nSPS) is 24.3. The Hall–Kier alpha value is -1.25. The minimum absolute atomic E-state index is 0.000717. The van der Waals surface area contributed by atoms with Crippen LogP contribution in [0.5, 0.6) is 0 Å². The Morgan fingerprint density at radius 1 is 1.17 bits per heavy atom. The van der Waals surface area contributed by atoms with Crippen LogP contribution >= 0.6 is 39.0 Å². The van der Waals surface area contributed by atoms with Gasteiger partial charge in [-0.2, -0.15) is 4.90 Å². The van der Waals surface area contributed by atoms with Crippen molar-refractivity contribution >= 4 is 56.4 Å². The Kier molecular flexibility index (Phi) is 8.30. The maximum absolute atomic E-state index is 13.2. The average Bonchev–Trinajstić information content (AvgIpc) is 3.17. The zero-order valence-corrected chi connectivity index (χ0v) is 23.9. The molecule has 0 spiro atoms. The summed E-state index contributed by atoms with van der Waals surface area (Å²) < 4.78 is 17.6. The molecule has 2 atom stereocenters. The highest BCUT2D eigenvalue weighted by Crippen LogP contribution is 2.50. The van der Waals surface area contributed by atoms with Crippen LogP contribution in [0.3, 0.4) is 0 Å². The maximum atomic E-state index is 13.2. The highest BCUT2D eigenvalue weighted by molar-refractivity contribution is 9.10. The first kappa shape index (κ1) is 28.3. The van der Waals surface area contributed by atoms with Crippen molar-refractivity contribution in [3.63, 3.8) is 0 Å². The molecular formula is C22H32BrN3O7S2. The van der Waals surface area contributed by atoms with E-state index in [1.54, 1.807) is 41.5 Å². The van der Waals surface area contributed by atoms with Crippen LogP contribution < -0.4 is 0 Å². The number of aliphatic hydroxyl groups is 2. The summed E-state index contributed by atoms with van der Waals surface area (Å²) in [5, 5.41) is 22.4. The number of fused-ring (bicyclic) bond motifs is 1. The van der Waals surface area contributed by atoms with Gasteiger partial charge in [-0.15, -0.1) is 11.3 Å². The van der Waals surface area contributed by atoms with Gasteiger partial charge >= 0.3 is 12.2 Å². The molecule has 0 saturated carbocycles. The van der Waals surface area contributed by atoms with Crippen molar-refractivity contribution in [1.29, 1.82) is 0 Å². The van der Waals surface area contributed by atoms with Crippen molar-refractivity contribution in [2.24, 2.45) is 10.9 Å². The Morgan fingerprint density at radius 2 is 1.74 bits per heavy atom. The second-order valence-electron chi connectivity index (χ2n) is 10.6. The average molecular weight is 595 g/mol. The fraction of sp³-hybridized carbons (Fsp3) is 0.727. The Morgan fingerprint density at radius 3 is 2.20 bits per heavy atom.